The number of H-pyrrole nitrogens is 1. The number of nitrogen functional groups attached to an aromatic ring is 1. The highest BCUT2D eigenvalue weighted by atomic mass is 16.6. The van der Waals surface area contributed by atoms with Gasteiger partial charge in [-0.15, -0.1) is 0 Å². The Morgan fingerprint density at radius 1 is 1.06 bits per heavy atom. The van der Waals surface area contributed by atoms with Crippen molar-refractivity contribution in [3.8, 4) is 17.2 Å². The molecule has 0 atom stereocenters. The van der Waals surface area contributed by atoms with Gasteiger partial charge in [0.15, 0.2) is 11.5 Å². The molecule has 0 fully saturated rings. The lowest BCUT2D eigenvalue weighted by Crippen LogP contribution is -2.37. The van der Waals surface area contributed by atoms with Crippen LogP contribution in [0.2, 0.25) is 0 Å². The van der Waals surface area contributed by atoms with Gasteiger partial charge in [0.05, 0.1) is 32.1 Å². The predicted molar refractivity (Wildman–Crippen MR) is 119 cm³/mol. The number of fused-ring (bicyclic) bond motifs is 1. The molecule has 0 spiro atoms. The van der Waals surface area contributed by atoms with E-state index < -0.39 is 6.09 Å². The van der Waals surface area contributed by atoms with Gasteiger partial charge >= 0.3 is 6.09 Å². The molecule has 3 aromatic rings. The van der Waals surface area contributed by atoms with Gasteiger partial charge in [0, 0.05) is 18.3 Å². The molecule has 32 heavy (non-hydrogen) atoms. The molecule has 0 radical (unpaired) electrons. The molecule has 0 saturated heterocycles. The minimum atomic E-state index is -0.486. The van der Waals surface area contributed by atoms with Crippen LogP contribution in [0, 0.1) is 0 Å². The van der Waals surface area contributed by atoms with E-state index in [-0.39, 0.29) is 5.91 Å². The fraction of sp³-hybridized carbons (Fsp3) is 0.217. The van der Waals surface area contributed by atoms with E-state index in [1.807, 2.05) is 0 Å². The van der Waals surface area contributed by atoms with Gasteiger partial charge in [-0.2, -0.15) is 0 Å². The summed E-state index contributed by atoms with van der Waals surface area (Å²) in [5.41, 5.74) is 9.13. The largest absolute Gasteiger partial charge is 0.493 e. The number of nitrogens with two attached hydrogens (primary N) is 1. The topological polar surface area (TPSA) is 119 Å². The van der Waals surface area contributed by atoms with Crippen molar-refractivity contribution in [2.75, 3.05) is 31.8 Å². The molecule has 2 heterocycles. The zero-order valence-corrected chi connectivity index (χ0v) is 17.8. The number of anilines is 2. The van der Waals surface area contributed by atoms with Crippen molar-refractivity contribution >= 4 is 23.4 Å². The molecular weight excluding hydrogens is 412 g/mol. The highest BCUT2D eigenvalue weighted by Gasteiger charge is 2.25. The molecular formula is C23H24N4O5. The fourth-order valence-corrected chi connectivity index (χ4v) is 3.55. The number of aromatic nitrogens is 1. The minimum absolute atomic E-state index is 0.295. The zero-order valence-electron chi connectivity index (χ0n) is 17.8. The number of benzene rings is 2. The third-order valence-electron chi connectivity index (χ3n) is 5.26. The molecule has 1 aliphatic heterocycles. The average Bonchev–Trinajstić information content (AvgIpc) is 3.24. The quantitative estimate of drug-likeness (QED) is 0.528. The van der Waals surface area contributed by atoms with E-state index in [1.165, 1.54) is 14.2 Å². The molecule has 9 nitrogen and oxygen atoms in total. The maximum Gasteiger partial charge on any atom is 0.415 e. The van der Waals surface area contributed by atoms with E-state index in [0.717, 1.165) is 11.3 Å². The van der Waals surface area contributed by atoms with Gasteiger partial charge in [0.1, 0.15) is 11.4 Å². The van der Waals surface area contributed by atoms with Crippen LogP contribution in [0.15, 0.2) is 48.5 Å². The summed E-state index contributed by atoms with van der Waals surface area (Å²) in [6.45, 7) is 0.784. The number of carbonyl (C=O) groups is 2. The first-order valence-electron chi connectivity index (χ1n) is 10.0. The van der Waals surface area contributed by atoms with Crippen molar-refractivity contribution in [1.29, 1.82) is 0 Å². The predicted octanol–water partition coefficient (Wildman–Crippen LogP) is 3.42. The van der Waals surface area contributed by atoms with Crippen LogP contribution < -0.4 is 25.3 Å². The minimum Gasteiger partial charge on any atom is -0.493 e. The number of hydrogen-bond acceptors (Lipinski definition) is 6. The molecule has 4 rings (SSSR count). The molecule has 1 aromatic heterocycles. The van der Waals surface area contributed by atoms with E-state index in [9.17, 15) is 9.59 Å². The van der Waals surface area contributed by atoms with E-state index in [2.05, 4.69) is 10.3 Å². The first-order valence-corrected chi connectivity index (χ1v) is 10.0. The maximum atomic E-state index is 12.7. The van der Waals surface area contributed by atoms with Gasteiger partial charge in [0.25, 0.3) is 5.91 Å². The Morgan fingerprint density at radius 3 is 2.59 bits per heavy atom. The number of para-hydroxylation sites is 2. The summed E-state index contributed by atoms with van der Waals surface area (Å²) in [4.78, 5) is 30.0. The molecule has 9 heteroatoms. The summed E-state index contributed by atoms with van der Waals surface area (Å²) in [7, 11) is 3.05. The van der Waals surface area contributed by atoms with Gasteiger partial charge in [0.2, 0.25) is 0 Å². The number of carbonyl (C=O) groups excluding carboxylic acids is 2. The highest BCUT2D eigenvalue weighted by molar-refractivity contribution is 6.04. The Hall–Kier alpha value is -4.14. The second-order valence-electron chi connectivity index (χ2n) is 7.28. The van der Waals surface area contributed by atoms with Gasteiger partial charge in [-0.05, 0) is 42.3 Å². The Balaban J connectivity index is 1.42. The maximum absolute atomic E-state index is 12.7. The number of nitrogens with one attached hydrogen (secondary N) is 2. The Bertz CT molecular complexity index is 1160. The van der Waals surface area contributed by atoms with Crippen LogP contribution in [-0.4, -0.2) is 42.6 Å². The second kappa shape index (κ2) is 8.93. The monoisotopic (exact) mass is 436 g/mol. The smallest absolute Gasteiger partial charge is 0.415 e. The SMILES string of the molecule is COc1ccc(OC(=O)N2CCc3cc(C(=O)Nc4ccccc4N)[nH]c3C2)cc1OC. The molecule has 0 aliphatic carbocycles. The van der Waals surface area contributed by atoms with Crippen LogP contribution in [0.4, 0.5) is 16.2 Å². The normalized spacial score (nSPS) is 12.6. The van der Waals surface area contributed by atoms with E-state index in [4.69, 9.17) is 19.9 Å². The first kappa shape index (κ1) is 21.1. The summed E-state index contributed by atoms with van der Waals surface area (Å²) >= 11 is 0. The van der Waals surface area contributed by atoms with Crippen molar-refractivity contribution in [2.24, 2.45) is 0 Å². The standard InChI is InChI=1S/C23H24N4O5/c1-30-20-8-7-15(12-21(20)31-2)32-23(29)27-10-9-14-11-18(25-19(14)13-27)22(28)26-17-6-4-3-5-16(17)24/h3-8,11-12,25H,9-10,13,24H2,1-2H3,(H,26,28). The van der Waals surface area contributed by atoms with Gasteiger partial charge in [-0.3, -0.25) is 4.79 Å². The van der Waals surface area contributed by atoms with Gasteiger partial charge in [-0.25, -0.2) is 4.79 Å². The number of hydrogen-bond donors (Lipinski definition) is 3. The van der Waals surface area contributed by atoms with Crippen molar-refractivity contribution < 1.29 is 23.8 Å². The van der Waals surface area contributed by atoms with Crippen LogP contribution in [0.5, 0.6) is 17.2 Å². The molecule has 1 aliphatic rings. The van der Waals surface area contributed by atoms with Crippen LogP contribution in [0.1, 0.15) is 21.7 Å². The third kappa shape index (κ3) is 4.31. The number of rotatable bonds is 5. The lowest BCUT2D eigenvalue weighted by molar-refractivity contribution is 0.102. The van der Waals surface area contributed by atoms with Crippen LogP contribution >= 0.6 is 0 Å². The summed E-state index contributed by atoms with van der Waals surface area (Å²) in [5.74, 6) is 1.07. The summed E-state index contributed by atoms with van der Waals surface area (Å²) in [6, 6.07) is 13.8. The molecule has 166 valence electrons. The third-order valence-corrected chi connectivity index (χ3v) is 5.26. The Kier molecular flexibility index (Phi) is 5.89. The summed E-state index contributed by atoms with van der Waals surface area (Å²) < 4.78 is 15.9. The van der Waals surface area contributed by atoms with Crippen LogP contribution in [0.25, 0.3) is 0 Å². The number of methoxy groups -OCH3 is 2. The van der Waals surface area contributed by atoms with E-state index >= 15 is 0 Å². The van der Waals surface area contributed by atoms with E-state index in [1.54, 1.807) is 53.4 Å². The number of nitrogens with zero attached hydrogens (tertiary/aromatic N) is 1. The summed E-state index contributed by atoms with van der Waals surface area (Å²) in [5, 5.41) is 2.80. The lowest BCUT2D eigenvalue weighted by atomic mass is 10.1. The highest BCUT2D eigenvalue weighted by Crippen LogP contribution is 2.31. The van der Waals surface area contributed by atoms with Crippen LogP contribution in [-0.2, 0) is 13.0 Å². The number of aromatic amines is 1. The molecule has 4 N–H and O–H groups in total. The van der Waals surface area contributed by atoms with Crippen molar-refractivity contribution in [3.63, 3.8) is 0 Å². The lowest BCUT2D eigenvalue weighted by Gasteiger charge is -2.26. The molecule has 2 aromatic carbocycles. The molecule has 0 unspecified atom stereocenters. The van der Waals surface area contributed by atoms with Crippen molar-refractivity contribution in [1.82, 2.24) is 9.88 Å². The van der Waals surface area contributed by atoms with Crippen molar-refractivity contribution in [3.05, 3.63) is 65.5 Å². The van der Waals surface area contributed by atoms with Gasteiger partial charge < -0.3 is 35.1 Å². The second-order valence-corrected chi connectivity index (χ2v) is 7.28. The van der Waals surface area contributed by atoms with E-state index in [0.29, 0.717) is 53.8 Å². The van der Waals surface area contributed by atoms with Crippen molar-refractivity contribution in [2.45, 2.75) is 13.0 Å². The molecule has 0 saturated carbocycles. The van der Waals surface area contributed by atoms with Crippen LogP contribution in [0.3, 0.4) is 0 Å². The fourth-order valence-electron chi connectivity index (χ4n) is 3.55. The van der Waals surface area contributed by atoms with Gasteiger partial charge in [-0.1, -0.05) is 12.1 Å². The Labute approximate surface area is 185 Å². The molecule has 2 amide bonds. The number of ether oxygens (including phenoxy) is 3. The average molecular weight is 436 g/mol. The first-order chi connectivity index (χ1) is 15.5. The molecule has 0 bridgehead atoms. The Morgan fingerprint density at radius 2 is 1.84 bits per heavy atom. The number of amides is 2. The summed E-state index contributed by atoms with van der Waals surface area (Å²) in [6.07, 6.45) is 0.119. The zero-order chi connectivity index (χ0) is 22.7.